The Kier molecular flexibility index (Phi) is 11.2. The number of carboxylic acid groups (broad SMARTS) is 1. The van der Waals surface area contributed by atoms with E-state index in [-0.39, 0.29) is 29.1 Å². The molecule has 0 radical (unpaired) electrons. The fourth-order valence-electron chi connectivity index (χ4n) is 3.72. The number of thioether (sulfide) groups is 1. The number of nitrogens with zero attached hydrogens (tertiary/aromatic N) is 2. The maximum Gasteiger partial charge on any atom is 0.323 e. The van der Waals surface area contributed by atoms with Gasteiger partial charge in [-0.15, -0.1) is 24.8 Å². The van der Waals surface area contributed by atoms with E-state index in [1.54, 1.807) is 6.08 Å². The number of carboxylic acids is 1. The number of aromatic nitrogens is 1. The van der Waals surface area contributed by atoms with E-state index in [0.29, 0.717) is 17.4 Å². The molecule has 10 heteroatoms. The second-order valence-electron chi connectivity index (χ2n) is 8.24. The first-order valence-corrected chi connectivity index (χ1v) is 11.6. The number of rotatable bonds is 7. The van der Waals surface area contributed by atoms with Gasteiger partial charge in [-0.2, -0.15) is 0 Å². The Morgan fingerprint density at radius 1 is 1.24 bits per heavy atom. The molecule has 0 unspecified atom stereocenters. The van der Waals surface area contributed by atoms with Gasteiger partial charge in [0.25, 0.3) is 5.91 Å². The summed E-state index contributed by atoms with van der Waals surface area (Å²) in [6.45, 7) is 8.11. The zero-order valence-corrected chi connectivity index (χ0v) is 22.7. The van der Waals surface area contributed by atoms with Gasteiger partial charge in [-0.3, -0.25) is 19.5 Å². The van der Waals surface area contributed by atoms with Crippen LogP contribution in [0.15, 0.2) is 29.2 Å². The van der Waals surface area contributed by atoms with E-state index in [1.165, 1.54) is 0 Å². The highest BCUT2D eigenvalue weighted by molar-refractivity contribution is 8.26. The van der Waals surface area contributed by atoms with Gasteiger partial charge in [0, 0.05) is 23.5 Å². The minimum Gasteiger partial charge on any atom is -0.480 e. The zero-order valence-electron chi connectivity index (χ0n) is 19.5. The highest BCUT2D eigenvalue weighted by Crippen LogP contribution is 2.38. The molecule has 0 bridgehead atoms. The molecule has 1 aliphatic rings. The summed E-state index contributed by atoms with van der Waals surface area (Å²) in [4.78, 5) is 30.4. The molecule has 2 aromatic rings. The Labute approximate surface area is 222 Å². The first-order chi connectivity index (χ1) is 15.1. The van der Waals surface area contributed by atoms with Crippen LogP contribution >= 0.6 is 48.8 Å². The van der Waals surface area contributed by atoms with Gasteiger partial charge in [0.15, 0.2) is 0 Å². The van der Waals surface area contributed by atoms with Gasteiger partial charge in [-0.1, -0.05) is 67.7 Å². The van der Waals surface area contributed by atoms with Crippen LogP contribution in [0.1, 0.15) is 41.9 Å². The normalized spacial score (nSPS) is 14.4. The van der Waals surface area contributed by atoms with Gasteiger partial charge in [-0.25, -0.2) is 0 Å². The monoisotopic (exact) mass is 541 g/mol. The van der Waals surface area contributed by atoms with Crippen LogP contribution in [0.3, 0.4) is 0 Å². The molecular formula is C24H29Cl2N3O3S2. The lowest BCUT2D eigenvalue weighted by Gasteiger charge is -2.20. The maximum absolute atomic E-state index is 12.9. The standard InChI is InChI=1S/C24H27N3O3S2.2ClH/c1-13(2)9-19-18(11-25)22(16-7-5-14(3)6-8-16)17(15(4)26-19)10-20-23(30)27(12-21(28)29)24(31)32-20;;/h5-8,10,13H,9,11-12,25H2,1-4H3,(H,28,29);2*1H. The Morgan fingerprint density at radius 2 is 1.85 bits per heavy atom. The molecule has 0 aliphatic carbocycles. The van der Waals surface area contributed by atoms with Crippen LogP contribution in [0, 0.1) is 19.8 Å². The highest BCUT2D eigenvalue weighted by atomic mass is 35.5. The lowest BCUT2D eigenvalue weighted by molar-refractivity contribution is -0.140. The third-order valence-electron chi connectivity index (χ3n) is 5.20. The van der Waals surface area contributed by atoms with Crippen molar-refractivity contribution in [1.82, 2.24) is 9.88 Å². The van der Waals surface area contributed by atoms with Crippen LogP contribution < -0.4 is 5.73 Å². The minimum absolute atomic E-state index is 0. The second-order valence-corrected chi connectivity index (χ2v) is 9.92. The first kappa shape index (κ1) is 30.1. The molecule has 2 heterocycles. The van der Waals surface area contributed by atoms with Crippen molar-refractivity contribution in [2.45, 2.75) is 40.7 Å². The third kappa shape index (κ3) is 6.58. The molecule has 0 atom stereocenters. The number of benzene rings is 1. The maximum atomic E-state index is 12.9. The van der Waals surface area contributed by atoms with Crippen LogP contribution in [0.2, 0.25) is 0 Å². The molecule has 1 aromatic carbocycles. The SMILES string of the molecule is Cc1ccc(-c2c(C=C3SC(=S)N(CC(=O)O)C3=O)c(C)nc(CC(C)C)c2CN)cc1.Cl.Cl. The van der Waals surface area contributed by atoms with Crippen molar-refractivity contribution in [1.29, 1.82) is 0 Å². The topological polar surface area (TPSA) is 96.5 Å². The predicted molar refractivity (Wildman–Crippen MR) is 148 cm³/mol. The number of aryl methyl sites for hydroxylation is 2. The van der Waals surface area contributed by atoms with E-state index in [0.717, 1.165) is 62.3 Å². The molecule has 0 spiro atoms. The minimum atomic E-state index is -1.11. The van der Waals surface area contributed by atoms with Crippen molar-refractivity contribution in [3.8, 4) is 11.1 Å². The molecule has 1 fully saturated rings. The van der Waals surface area contributed by atoms with Crippen LogP contribution in [-0.2, 0) is 22.6 Å². The summed E-state index contributed by atoms with van der Waals surface area (Å²) >= 11 is 6.36. The largest absolute Gasteiger partial charge is 0.480 e. The van der Waals surface area contributed by atoms with E-state index >= 15 is 0 Å². The molecule has 34 heavy (non-hydrogen) atoms. The first-order valence-electron chi connectivity index (χ1n) is 10.4. The van der Waals surface area contributed by atoms with Crippen LogP contribution in [0.5, 0.6) is 0 Å². The summed E-state index contributed by atoms with van der Waals surface area (Å²) in [5, 5.41) is 9.11. The number of amides is 1. The van der Waals surface area contributed by atoms with E-state index in [1.807, 2.05) is 26.0 Å². The van der Waals surface area contributed by atoms with Crippen LogP contribution in [0.4, 0.5) is 0 Å². The Bertz CT molecular complexity index is 1120. The fourth-order valence-corrected chi connectivity index (χ4v) is 4.96. The Balaban J connectivity index is 0.00000289. The average molecular weight is 543 g/mol. The lowest BCUT2D eigenvalue weighted by atomic mass is 9.89. The molecule has 1 aromatic heterocycles. The molecule has 0 saturated carbocycles. The van der Waals surface area contributed by atoms with Crippen molar-refractivity contribution in [2.75, 3.05) is 6.54 Å². The smallest absolute Gasteiger partial charge is 0.323 e. The molecule has 184 valence electrons. The van der Waals surface area contributed by atoms with E-state index in [2.05, 4.69) is 26.0 Å². The summed E-state index contributed by atoms with van der Waals surface area (Å²) in [5.74, 6) is -1.10. The van der Waals surface area contributed by atoms with Gasteiger partial charge < -0.3 is 10.8 Å². The summed E-state index contributed by atoms with van der Waals surface area (Å²) in [7, 11) is 0. The van der Waals surface area contributed by atoms with E-state index in [9.17, 15) is 9.59 Å². The lowest BCUT2D eigenvalue weighted by Crippen LogP contribution is -2.33. The van der Waals surface area contributed by atoms with Crippen LogP contribution in [-0.4, -0.2) is 37.7 Å². The van der Waals surface area contributed by atoms with Crippen LogP contribution in [0.25, 0.3) is 17.2 Å². The number of carbonyl (C=O) groups excluding carboxylic acids is 1. The van der Waals surface area contributed by atoms with Gasteiger partial charge in [0.1, 0.15) is 10.9 Å². The summed E-state index contributed by atoms with van der Waals surface area (Å²) < 4.78 is 0.238. The zero-order chi connectivity index (χ0) is 23.6. The third-order valence-corrected chi connectivity index (χ3v) is 6.58. The van der Waals surface area contributed by atoms with Crippen molar-refractivity contribution in [3.05, 3.63) is 57.2 Å². The van der Waals surface area contributed by atoms with E-state index in [4.69, 9.17) is 28.0 Å². The number of hydrogen-bond donors (Lipinski definition) is 2. The molecular weight excluding hydrogens is 513 g/mol. The molecule has 1 amide bonds. The van der Waals surface area contributed by atoms with Crippen molar-refractivity contribution >= 4 is 71.1 Å². The predicted octanol–water partition coefficient (Wildman–Crippen LogP) is 5.15. The summed E-state index contributed by atoms with van der Waals surface area (Å²) in [6, 6.07) is 8.19. The molecule has 6 nitrogen and oxygen atoms in total. The fraction of sp³-hybridized carbons (Fsp3) is 0.333. The number of pyridine rings is 1. The summed E-state index contributed by atoms with van der Waals surface area (Å²) in [5.41, 5.74) is 12.8. The average Bonchev–Trinajstić information content (AvgIpc) is 2.97. The number of halogens is 2. The molecule has 1 saturated heterocycles. The van der Waals surface area contributed by atoms with Gasteiger partial charge >= 0.3 is 5.97 Å². The van der Waals surface area contributed by atoms with Crippen molar-refractivity contribution in [3.63, 3.8) is 0 Å². The van der Waals surface area contributed by atoms with Gasteiger partial charge in [0.05, 0.1) is 4.91 Å². The number of thiocarbonyl (C=S) groups is 1. The Morgan fingerprint density at radius 3 is 2.38 bits per heavy atom. The highest BCUT2D eigenvalue weighted by Gasteiger charge is 2.34. The number of aliphatic carboxylic acids is 1. The molecule has 1 aliphatic heterocycles. The quantitative estimate of drug-likeness (QED) is 0.369. The summed E-state index contributed by atoms with van der Waals surface area (Å²) in [6.07, 6.45) is 2.57. The second kappa shape index (κ2) is 12.7. The van der Waals surface area contributed by atoms with E-state index < -0.39 is 18.4 Å². The number of hydrogen-bond acceptors (Lipinski definition) is 6. The molecule has 3 N–H and O–H groups in total. The molecule has 3 rings (SSSR count). The van der Waals surface area contributed by atoms with Gasteiger partial charge in [-0.05, 0) is 49.0 Å². The van der Waals surface area contributed by atoms with Crippen molar-refractivity contribution in [2.24, 2.45) is 11.7 Å². The van der Waals surface area contributed by atoms with Crippen molar-refractivity contribution < 1.29 is 14.7 Å². The van der Waals surface area contributed by atoms with Gasteiger partial charge in [0.2, 0.25) is 0 Å². The Hall–Kier alpha value is -1.97. The number of nitrogens with two attached hydrogens (primary N) is 1. The number of carbonyl (C=O) groups is 2.